The highest BCUT2D eigenvalue weighted by atomic mass is 16.2. The molecule has 0 bridgehead atoms. The van der Waals surface area contributed by atoms with Gasteiger partial charge in [-0.05, 0) is 25.7 Å². The molecule has 3 rings (SSSR count). The topological polar surface area (TPSA) is 84.3 Å². The summed E-state index contributed by atoms with van der Waals surface area (Å²) < 4.78 is 1.55. The van der Waals surface area contributed by atoms with Crippen molar-refractivity contribution >= 4 is 23.5 Å². The largest absolute Gasteiger partial charge is 0.335 e. The Labute approximate surface area is 122 Å². The zero-order valence-electron chi connectivity index (χ0n) is 12.1. The summed E-state index contributed by atoms with van der Waals surface area (Å²) in [5.74, 6) is -1.61. The molecule has 7 heteroatoms. The Morgan fingerprint density at radius 1 is 1.24 bits per heavy atom. The summed E-state index contributed by atoms with van der Waals surface area (Å²) in [6, 6.07) is -0.685. The summed E-state index contributed by atoms with van der Waals surface area (Å²) in [5, 5.41) is 6.47. The molecule has 1 aromatic heterocycles. The van der Waals surface area contributed by atoms with E-state index in [9.17, 15) is 14.4 Å². The van der Waals surface area contributed by atoms with Crippen molar-refractivity contribution in [2.75, 3.05) is 4.90 Å². The number of urea groups is 1. The van der Waals surface area contributed by atoms with E-state index >= 15 is 0 Å². The summed E-state index contributed by atoms with van der Waals surface area (Å²) in [4.78, 5) is 37.9. The van der Waals surface area contributed by atoms with Crippen LogP contribution >= 0.6 is 0 Å². The van der Waals surface area contributed by atoms with Gasteiger partial charge >= 0.3 is 6.03 Å². The molecule has 2 fully saturated rings. The minimum Gasteiger partial charge on any atom is -0.277 e. The first kappa shape index (κ1) is 13.8. The summed E-state index contributed by atoms with van der Waals surface area (Å²) in [7, 11) is 1.72. The zero-order chi connectivity index (χ0) is 15.1. The molecule has 4 amide bonds. The molecular weight excluding hydrogens is 272 g/mol. The number of hydrogen-bond donors (Lipinski definition) is 1. The maximum Gasteiger partial charge on any atom is 0.335 e. The number of imide groups is 2. The van der Waals surface area contributed by atoms with Gasteiger partial charge in [-0.15, -0.1) is 0 Å². The number of aromatic nitrogens is 2. The third kappa shape index (κ3) is 2.22. The molecule has 1 N–H and O–H groups in total. The Morgan fingerprint density at radius 2 is 1.90 bits per heavy atom. The Balaban J connectivity index is 1.96. The molecule has 112 valence electrons. The fourth-order valence-corrected chi connectivity index (χ4v) is 3.33. The van der Waals surface area contributed by atoms with Crippen LogP contribution in [-0.4, -0.2) is 27.6 Å². The molecule has 7 nitrogen and oxygen atoms in total. The molecule has 1 saturated heterocycles. The number of anilines is 1. The molecular formula is C14H18N4O3. The number of barbiturate groups is 1. The van der Waals surface area contributed by atoms with Gasteiger partial charge in [0.1, 0.15) is 5.92 Å². The average molecular weight is 290 g/mol. The van der Waals surface area contributed by atoms with Crippen LogP contribution in [0, 0.1) is 18.8 Å². The van der Waals surface area contributed by atoms with Gasteiger partial charge in [-0.25, -0.2) is 9.69 Å². The minimum absolute atomic E-state index is 0.0325. The lowest BCUT2D eigenvalue weighted by atomic mass is 9.87. The molecule has 0 radical (unpaired) electrons. The molecule has 1 aromatic rings. The summed E-state index contributed by atoms with van der Waals surface area (Å²) in [6.07, 6.45) is 5.40. The van der Waals surface area contributed by atoms with E-state index in [4.69, 9.17) is 0 Å². The number of rotatable bonds is 2. The molecule has 1 unspecified atom stereocenters. The van der Waals surface area contributed by atoms with Crippen LogP contribution in [0.2, 0.25) is 0 Å². The van der Waals surface area contributed by atoms with E-state index < -0.39 is 23.8 Å². The Morgan fingerprint density at radius 3 is 2.48 bits per heavy atom. The Kier molecular flexibility index (Phi) is 3.27. The summed E-state index contributed by atoms with van der Waals surface area (Å²) in [5.41, 5.74) is 1.02. The number of aryl methyl sites for hydroxylation is 2. The predicted octanol–water partition coefficient (Wildman–Crippen LogP) is 1.12. The van der Waals surface area contributed by atoms with Crippen molar-refractivity contribution in [3.63, 3.8) is 0 Å². The monoisotopic (exact) mass is 290 g/mol. The first-order valence-electron chi connectivity index (χ1n) is 7.18. The van der Waals surface area contributed by atoms with Gasteiger partial charge in [-0.1, -0.05) is 12.8 Å². The molecule has 2 heterocycles. The number of amides is 4. The number of hydrogen-bond acceptors (Lipinski definition) is 4. The van der Waals surface area contributed by atoms with E-state index in [0.29, 0.717) is 11.4 Å². The molecule has 1 saturated carbocycles. The van der Waals surface area contributed by atoms with Crippen LogP contribution in [0.1, 0.15) is 31.4 Å². The fourth-order valence-electron chi connectivity index (χ4n) is 3.33. The second-order valence-corrected chi connectivity index (χ2v) is 5.76. The van der Waals surface area contributed by atoms with Gasteiger partial charge in [0.25, 0.3) is 0 Å². The molecule has 21 heavy (non-hydrogen) atoms. The molecule has 0 spiro atoms. The third-order valence-corrected chi connectivity index (χ3v) is 4.30. The maximum atomic E-state index is 12.7. The van der Waals surface area contributed by atoms with Crippen molar-refractivity contribution in [2.45, 2.75) is 32.6 Å². The van der Waals surface area contributed by atoms with Crippen LogP contribution in [0.5, 0.6) is 0 Å². The van der Waals surface area contributed by atoms with E-state index in [1.54, 1.807) is 24.9 Å². The van der Waals surface area contributed by atoms with Gasteiger partial charge in [-0.3, -0.25) is 19.6 Å². The highest BCUT2D eigenvalue weighted by Crippen LogP contribution is 2.35. The van der Waals surface area contributed by atoms with Crippen LogP contribution in [0.15, 0.2) is 6.20 Å². The van der Waals surface area contributed by atoms with Crippen LogP contribution in [0.25, 0.3) is 0 Å². The van der Waals surface area contributed by atoms with Gasteiger partial charge < -0.3 is 0 Å². The smallest absolute Gasteiger partial charge is 0.277 e. The molecule has 2 aliphatic rings. The van der Waals surface area contributed by atoms with Gasteiger partial charge in [0.05, 0.1) is 11.4 Å². The minimum atomic E-state index is -0.759. The Hall–Kier alpha value is -2.18. The van der Waals surface area contributed by atoms with Gasteiger partial charge in [-0.2, -0.15) is 5.10 Å². The van der Waals surface area contributed by atoms with Crippen LogP contribution in [0.4, 0.5) is 10.5 Å². The summed E-state index contributed by atoms with van der Waals surface area (Å²) >= 11 is 0. The lowest BCUT2D eigenvalue weighted by Crippen LogP contribution is -2.59. The third-order valence-electron chi connectivity index (χ3n) is 4.30. The van der Waals surface area contributed by atoms with Crippen molar-refractivity contribution < 1.29 is 14.4 Å². The second kappa shape index (κ2) is 4.98. The first-order chi connectivity index (χ1) is 9.99. The van der Waals surface area contributed by atoms with E-state index in [-0.39, 0.29) is 5.92 Å². The summed E-state index contributed by atoms with van der Waals surface area (Å²) in [6.45, 7) is 1.73. The molecule has 0 aromatic carbocycles. The van der Waals surface area contributed by atoms with Crippen molar-refractivity contribution in [3.05, 3.63) is 11.9 Å². The highest BCUT2D eigenvalue weighted by molar-refractivity contribution is 6.27. The predicted molar refractivity (Wildman–Crippen MR) is 74.4 cm³/mol. The van der Waals surface area contributed by atoms with Crippen molar-refractivity contribution in [2.24, 2.45) is 18.9 Å². The maximum absolute atomic E-state index is 12.7. The van der Waals surface area contributed by atoms with E-state index in [1.807, 2.05) is 0 Å². The normalized spacial score (nSPS) is 23.8. The number of nitrogens with one attached hydrogen (secondary N) is 1. The first-order valence-corrected chi connectivity index (χ1v) is 7.18. The Bertz CT molecular complexity index is 616. The van der Waals surface area contributed by atoms with Crippen molar-refractivity contribution in [3.8, 4) is 0 Å². The molecule has 1 atom stereocenters. The SMILES string of the molecule is Cc1nn(C)cc1N1C(=O)NC(=O)C(C2CCCC2)C1=O. The van der Waals surface area contributed by atoms with Gasteiger partial charge in [0.15, 0.2) is 0 Å². The van der Waals surface area contributed by atoms with E-state index in [0.717, 1.165) is 30.6 Å². The number of carbonyl (C=O) groups excluding carboxylic acids is 3. The van der Waals surface area contributed by atoms with Crippen molar-refractivity contribution in [1.29, 1.82) is 0 Å². The second-order valence-electron chi connectivity index (χ2n) is 5.76. The van der Waals surface area contributed by atoms with Crippen LogP contribution in [-0.2, 0) is 16.6 Å². The number of carbonyl (C=O) groups is 3. The lowest BCUT2D eigenvalue weighted by Gasteiger charge is -2.32. The van der Waals surface area contributed by atoms with Gasteiger partial charge in [0.2, 0.25) is 11.8 Å². The van der Waals surface area contributed by atoms with Crippen LogP contribution in [0.3, 0.4) is 0 Å². The van der Waals surface area contributed by atoms with Crippen LogP contribution < -0.4 is 10.2 Å². The van der Waals surface area contributed by atoms with E-state index in [2.05, 4.69) is 10.4 Å². The standard InChI is InChI=1S/C14H18N4O3/c1-8-10(7-17(2)16-8)18-13(20)11(9-5-3-4-6-9)12(19)15-14(18)21/h7,9,11H,3-6H2,1-2H3,(H,15,19,21). The number of nitrogens with zero attached hydrogens (tertiary/aromatic N) is 3. The fraction of sp³-hybridized carbons (Fsp3) is 0.571. The van der Waals surface area contributed by atoms with Crippen molar-refractivity contribution in [1.82, 2.24) is 15.1 Å². The van der Waals surface area contributed by atoms with E-state index in [1.165, 1.54) is 0 Å². The molecule has 1 aliphatic heterocycles. The lowest BCUT2D eigenvalue weighted by molar-refractivity contribution is -0.136. The van der Waals surface area contributed by atoms with Gasteiger partial charge in [0, 0.05) is 13.2 Å². The average Bonchev–Trinajstić information content (AvgIpc) is 3.00. The quantitative estimate of drug-likeness (QED) is 0.827. The highest BCUT2D eigenvalue weighted by Gasteiger charge is 2.46. The zero-order valence-corrected chi connectivity index (χ0v) is 12.1. The molecule has 1 aliphatic carbocycles.